The summed E-state index contributed by atoms with van der Waals surface area (Å²) in [6.45, 7) is 3.54. The van der Waals surface area contributed by atoms with Crippen molar-refractivity contribution in [2.45, 2.75) is 13.8 Å². The van der Waals surface area contributed by atoms with Crippen LogP contribution in [0.2, 0.25) is 0 Å². The Hall–Kier alpha value is -1.35. The Balaban J connectivity index is 3.02. The first-order valence-corrected chi connectivity index (χ1v) is 4.51. The lowest BCUT2D eigenvalue weighted by molar-refractivity contribution is 0.101. The number of aryl methyl sites for hydroxylation is 1. The predicted molar refractivity (Wildman–Crippen MR) is 53.8 cm³/mol. The average Bonchev–Trinajstić information content (AvgIpc) is 2.15. The van der Waals surface area contributed by atoms with Gasteiger partial charge < -0.3 is 9.84 Å². The molecule has 0 atom stereocenters. The van der Waals surface area contributed by atoms with Gasteiger partial charge in [0.2, 0.25) is 0 Å². The van der Waals surface area contributed by atoms with Gasteiger partial charge in [0.25, 0.3) is 0 Å². The van der Waals surface area contributed by atoms with Gasteiger partial charge in [0.1, 0.15) is 12.4 Å². The largest absolute Gasteiger partial charge is 0.490 e. The summed E-state index contributed by atoms with van der Waals surface area (Å²) < 4.78 is 5.31. The standard InChI is InChI=1S/C11H14O3/c1-8-4-3-5-10(9(2)13)11(8)14-7-6-12/h3-5,12H,6-7H2,1-2H3. The van der Waals surface area contributed by atoms with Gasteiger partial charge >= 0.3 is 0 Å². The Morgan fingerprint density at radius 1 is 1.50 bits per heavy atom. The van der Waals surface area contributed by atoms with Crippen LogP contribution in [-0.2, 0) is 0 Å². The van der Waals surface area contributed by atoms with Crippen molar-refractivity contribution < 1.29 is 14.6 Å². The van der Waals surface area contributed by atoms with E-state index in [-0.39, 0.29) is 19.0 Å². The molecule has 0 spiro atoms. The summed E-state index contributed by atoms with van der Waals surface area (Å²) in [4.78, 5) is 11.2. The molecule has 1 aromatic rings. The number of carbonyl (C=O) groups is 1. The second-order valence-electron chi connectivity index (χ2n) is 3.08. The highest BCUT2D eigenvalue weighted by Crippen LogP contribution is 2.23. The number of carbonyl (C=O) groups excluding carboxylic acids is 1. The lowest BCUT2D eigenvalue weighted by Crippen LogP contribution is -2.07. The zero-order chi connectivity index (χ0) is 10.6. The summed E-state index contributed by atoms with van der Waals surface area (Å²) in [6, 6.07) is 5.42. The molecule has 0 aliphatic heterocycles. The third-order valence-electron chi connectivity index (χ3n) is 1.93. The van der Waals surface area contributed by atoms with E-state index in [1.807, 2.05) is 19.1 Å². The second-order valence-corrected chi connectivity index (χ2v) is 3.08. The Morgan fingerprint density at radius 3 is 2.79 bits per heavy atom. The topological polar surface area (TPSA) is 46.5 Å². The number of aliphatic hydroxyl groups excluding tert-OH is 1. The monoisotopic (exact) mass is 194 g/mol. The van der Waals surface area contributed by atoms with Crippen LogP contribution in [0.3, 0.4) is 0 Å². The molecular weight excluding hydrogens is 180 g/mol. The molecule has 1 rings (SSSR count). The molecule has 0 saturated heterocycles. The quantitative estimate of drug-likeness (QED) is 0.740. The molecule has 76 valence electrons. The van der Waals surface area contributed by atoms with E-state index in [1.54, 1.807) is 6.07 Å². The van der Waals surface area contributed by atoms with Crippen LogP contribution in [0.4, 0.5) is 0 Å². The molecule has 0 unspecified atom stereocenters. The number of hydrogen-bond acceptors (Lipinski definition) is 3. The molecule has 0 saturated carbocycles. The Morgan fingerprint density at radius 2 is 2.21 bits per heavy atom. The van der Waals surface area contributed by atoms with Crippen molar-refractivity contribution in [3.63, 3.8) is 0 Å². The Kier molecular flexibility index (Phi) is 3.65. The van der Waals surface area contributed by atoms with E-state index in [2.05, 4.69) is 0 Å². The third kappa shape index (κ3) is 2.33. The summed E-state index contributed by atoms with van der Waals surface area (Å²) in [6.07, 6.45) is 0. The van der Waals surface area contributed by atoms with Gasteiger partial charge in [0.05, 0.1) is 12.2 Å². The van der Waals surface area contributed by atoms with E-state index in [1.165, 1.54) is 6.92 Å². The van der Waals surface area contributed by atoms with Crippen molar-refractivity contribution in [1.82, 2.24) is 0 Å². The number of benzene rings is 1. The van der Waals surface area contributed by atoms with E-state index < -0.39 is 0 Å². The molecule has 0 amide bonds. The minimum atomic E-state index is -0.0499. The number of aliphatic hydroxyl groups is 1. The van der Waals surface area contributed by atoms with Crippen LogP contribution in [-0.4, -0.2) is 24.1 Å². The number of Topliss-reactive ketones (excluding diaryl/α,β-unsaturated/α-hetero) is 1. The van der Waals surface area contributed by atoms with Gasteiger partial charge in [-0.3, -0.25) is 4.79 Å². The molecule has 0 aliphatic rings. The number of para-hydroxylation sites is 1. The van der Waals surface area contributed by atoms with Gasteiger partial charge in [0.15, 0.2) is 5.78 Å². The van der Waals surface area contributed by atoms with Crippen molar-refractivity contribution in [3.8, 4) is 5.75 Å². The first kappa shape index (κ1) is 10.7. The highest BCUT2D eigenvalue weighted by molar-refractivity contribution is 5.97. The summed E-state index contributed by atoms with van der Waals surface area (Å²) >= 11 is 0. The van der Waals surface area contributed by atoms with Gasteiger partial charge in [-0.1, -0.05) is 12.1 Å². The van der Waals surface area contributed by atoms with Crippen LogP contribution < -0.4 is 4.74 Å². The fourth-order valence-corrected chi connectivity index (χ4v) is 1.27. The molecule has 0 aliphatic carbocycles. The highest BCUT2D eigenvalue weighted by Gasteiger charge is 2.09. The van der Waals surface area contributed by atoms with Crippen LogP contribution in [0.1, 0.15) is 22.8 Å². The van der Waals surface area contributed by atoms with Crippen LogP contribution in [0, 0.1) is 6.92 Å². The molecule has 1 aromatic carbocycles. The van der Waals surface area contributed by atoms with E-state index in [9.17, 15) is 4.79 Å². The molecule has 3 nitrogen and oxygen atoms in total. The maximum atomic E-state index is 11.2. The average molecular weight is 194 g/mol. The zero-order valence-corrected chi connectivity index (χ0v) is 8.41. The van der Waals surface area contributed by atoms with E-state index >= 15 is 0 Å². The highest BCUT2D eigenvalue weighted by atomic mass is 16.5. The summed E-state index contributed by atoms with van der Waals surface area (Å²) in [5, 5.41) is 8.64. The molecule has 14 heavy (non-hydrogen) atoms. The molecule has 0 radical (unpaired) electrons. The minimum absolute atomic E-state index is 0.0263. The molecule has 0 fully saturated rings. The predicted octanol–water partition coefficient (Wildman–Crippen LogP) is 1.57. The summed E-state index contributed by atoms with van der Waals surface area (Å²) in [5.41, 5.74) is 1.48. The zero-order valence-electron chi connectivity index (χ0n) is 8.41. The molecule has 0 heterocycles. The molecule has 0 bridgehead atoms. The van der Waals surface area contributed by atoms with Gasteiger partial charge in [0, 0.05) is 0 Å². The van der Waals surface area contributed by atoms with E-state index in [0.717, 1.165) is 5.56 Å². The number of rotatable bonds is 4. The summed E-state index contributed by atoms with van der Waals surface area (Å²) in [7, 11) is 0. The van der Waals surface area contributed by atoms with Crippen molar-refractivity contribution in [1.29, 1.82) is 0 Å². The van der Waals surface area contributed by atoms with Crippen LogP contribution in [0.15, 0.2) is 18.2 Å². The van der Waals surface area contributed by atoms with Gasteiger partial charge in [-0.25, -0.2) is 0 Å². The molecule has 3 heteroatoms. The Labute approximate surface area is 83.3 Å². The van der Waals surface area contributed by atoms with Gasteiger partial charge in [-0.15, -0.1) is 0 Å². The molecule has 0 aromatic heterocycles. The summed E-state index contributed by atoms with van der Waals surface area (Å²) in [5.74, 6) is 0.552. The van der Waals surface area contributed by atoms with Crippen molar-refractivity contribution in [3.05, 3.63) is 29.3 Å². The smallest absolute Gasteiger partial charge is 0.163 e. The normalized spacial score (nSPS) is 9.93. The molecular formula is C11H14O3. The second kappa shape index (κ2) is 4.77. The van der Waals surface area contributed by atoms with Crippen molar-refractivity contribution >= 4 is 5.78 Å². The van der Waals surface area contributed by atoms with E-state index in [0.29, 0.717) is 11.3 Å². The number of ketones is 1. The first-order valence-electron chi connectivity index (χ1n) is 4.51. The fraction of sp³-hybridized carbons (Fsp3) is 0.364. The van der Waals surface area contributed by atoms with Gasteiger partial charge in [-0.05, 0) is 25.5 Å². The van der Waals surface area contributed by atoms with Crippen molar-refractivity contribution in [2.24, 2.45) is 0 Å². The lowest BCUT2D eigenvalue weighted by Gasteiger charge is -2.11. The third-order valence-corrected chi connectivity index (χ3v) is 1.93. The molecule has 1 N–H and O–H groups in total. The maximum Gasteiger partial charge on any atom is 0.163 e. The number of hydrogen-bond donors (Lipinski definition) is 1. The van der Waals surface area contributed by atoms with Crippen LogP contribution in [0.5, 0.6) is 5.75 Å². The maximum absolute atomic E-state index is 11.2. The van der Waals surface area contributed by atoms with Crippen molar-refractivity contribution in [2.75, 3.05) is 13.2 Å². The van der Waals surface area contributed by atoms with Crippen LogP contribution >= 0.6 is 0 Å². The number of ether oxygens (including phenoxy) is 1. The fourth-order valence-electron chi connectivity index (χ4n) is 1.27. The van der Waals surface area contributed by atoms with Crippen LogP contribution in [0.25, 0.3) is 0 Å². The lowest BCUT2D eigenvalue weighted by atomic mass is 10.1. The SMILES string of the molecule is CC(=O)c1cccc(C)c1OCCO. The first-order chi connectivity index (χ1) is 6.66. The minimum Gasteiger partial charge on any atom is -0.490 e. The Bertz CT molecular complexity index is 331. The van der Waals surface area contributed by atoms with Gasteiger partial charge in [-0.2, -0.15) is 0 Å². The van der Waals surface area contributed by atoms with E-state index in [4.69, 9.17) is 9.84 Å².